The third-order valence-corrected chi connectivity index (χ3v) is 11.3. The number of ether oxygens (including phenoxy) is 6. The minimum atomic E-state index is -1.87. The van der Waals surface area contributed by atoms with Gasteiger partial charge in [0, 0.05) is 23.2 Å². The molecule has 0 unspecified atom stereocenters. The fourth-order valence-corrected chi connectivity index (χ4v) is 8.15. The lowest BCUT2D eigenvalue weighted by atomic mass is 9.86. The third-order valence-electron chi connectivity index (χ3n) is 9.96. The van der Waals surface area contributed by atoms with Gasteiger partial charge < -0.3 is 33.5 Å². The lowest BCUT2D eigenvalue weighted by Crippen LogP contribution is -2.68. The van der Waals surface area contributed by atoms with Gasteiger partial charge >= 0.3 is 0 Å². The Morgan fingerprint density at radius 1 is 0.636 bits per heavy atom. The van der Waals surface area contributed by atoms with Crippen LogP contribution in [0, 0.1) is 6.92 Å². The summed E-state index contributed by atoms with van der Waals surface area (Å²) in [7, 11) is 1.68. The lowest BCUT2D eigenvalue weighted by Gasteiger charge is -2.52. The second-order valence-electron chi connectivity index (χ2n) is 14.7. The molecule has 0 aliphatic carbocycles. The minimum absolute atomic E-state index is 0.0978. The van der Waals surface area contributed by atoms with Crippen molar-refractivity contribution in [3.8, 4) is 0 Å². The van der Waals surface area contributed by atoms with Crippen LogP contribution in [0.4, 0.5) is 0 Å². The average Bonchev–Trinajstić information content (AvgIpc) is 3.20. The molecule has 1 aliphatic rings. The Hall–Kier alpha value is -3.83. The Balaban J connectivity index is 1.37. The van der Waals surface area contributed by atoms with Crippen molar-refractivity contribution in [2.45, 2.75) is 99.6 Å². The van der Waals surface area contributed by atoms with Crippen LogP contribution in [0.3, 0.4) is 0 Å². The number of rotatable bonds is 19. The molecule has 0 amide bonds. The SMILES string of the molecule is CO[C@@H](C[C@]1(O)O[C@H](COCc2ccccc2)[C@@H](OCc2ccccc2)[C@H](OCc2ccccc2)[C@H]1OCc1ccccc1)C(C)(C)Sc1ccc(C)cc1. The molecule has 0 radical (unpaired) electrons. The molecule has 0 spiro atoms. The predicted octanol–water partition coefficient (Wildman–Crippen LogP) is 9.33. The Bertz CT molecular complexity index is 1830. The van der Waals surface area contributed by atoms with Crippen molar-refractivity contribution in [2.24, 2.45) is 0 Å². The molecule has 5 aromatic carbocycles. The van der Waals surface area contributed by atoms with Crippen molar-refractivity contribution >= 4 is 11.8 Å². The molecule has 5 aromatic rings. The quantitative estimate of drug-likeness (QED) is 0.0835. The molecule has 1 fully saturated rings. The van der Waals surface area contributed by atoms with Gasteiger partial charge in [0.15, 0.2) is 5.79 Å². The van der Waals surface area contributed by atoms with Crippen LogP contribution < -0.4 is 0 Å². The normalized spacial score (nSPS) is 22.0. The molecule has 7 nitrogen and oxygen atoms in total. The summed E-state index contributed by atoms with van der Waals surface area (Å²) in [6.07, 6.45) is -3.49. The van der Waals surface area contributed by atoms with Gasteiger partial charge in [0.05, 0.1) is 39.1 Å². The Morgan fingerprint density at radius 3 is 1.58 bits per heavy atom. The molecule has 1 heterocycles. The van der Waals surface area contributed by atoms with E-state index in [9.17, 15) is 5.11 Å². The van der Waals surface area contributed by atoms with Gasteiger partial charge in [-0.2, -0.15) is 0 Å². The fraction of sp³-hybridized carbons (Fsp3) is 0.362. The molecule has 8 heteroatoms. The largest absolute Gasteiger partial charge is 0.380 e. The molecule has 1 N–H and O–H groups in total. The molecule has 6 atom stereocenters. The number of benzene rings is 5. The Kier molecular flexibility index (Phi) is 14.7. The second kappa shape index (κ2) is 19.9. The topological polar surface area (TPSA) is 75.6 Å². The van der Waals surface area contributed by atoms with E-state index >= 15 is 0 Å². The molecular weight excluding hydrogens is 709 g/mol. The molecular formula is C47H54O7S. The highest BCUT2D eigenvalue weighted by atomic mass is 32.2. The van der Waals surface area contributed by atoms with Crippen molar-refractivity contribution in [1.82, 2.24) is 0 Å². The van der Waals surface area contributed by atoms with Crippen molar-refractivity contribution < 1.29 is 33.5 Å². The summed E-state index contributed by atoms with van der Waals surface area (Å²) in [5.41, 5.74) is 5.18. The van der Waals surface area contributed by atoms with Crippen LogP contribution in [0.25, 0.3) is 0 Å². The van der Waals surface area contributed by atoms with Crippen LogP contribution >= 0.6 is 11.8 Å². The van der Waals surface area contributed by atoms with Crippen molar-refractivity contribution in [3.63, 3.8) is 0 Å². The molecule has 1 saturated heterocycles. The van der Waals surface area contributed by atoms with Gasteiger partial charge in [-0.15, -0.1) is 11.8 Å². The van der Waals surface area contributed by atoms with Crippen LogP contribution in [-0.2, 0) is 54.8 Å². The summed E-state index contributed by atoms with van der Waals surface area (Å²) in [6.45, 7) is 7.67. The molecule has 0 saturated carbocycles. The Labute approximate surface area is 330 Å². The summed E-state index contributed by atoms with van der Waals surface area (Å²) in [5, 5.41) is 13.1. The molecule has 0 aromatic heterocycles. The Morgan fingerprint density at radius 2 is 1.09 bits per heavy atom. The van der Waals surface area contributed by atoms with Crippen LogP contribution in [-0.4, -0.2) is 59.9 Å². The monoisotopic (exact) mass is 762 g/mol. The zero-order chi connectivity index (χ0) is 38.5. The zero-order valence-corrected chi connectivity index (χ0v) is 33.1. The van der Waals surface area contributed by atoms with Crippen LogP contribution in [0.15, 0.2) is 150 Å². The van der Waals surface area contributed by atoms with Crippen molar-refractivity contribution in [1.29, 1.82) is 0 Å². The fourth-order valence-electron chi connectivity index (χ4n) is 6.95. The van der Waals surface area contributed by atoms with Gasteiger partial charge in [0.25, 0.3) is 0 Å². The summed E-state index contributed by atoms with van der Waals surface area (Å²) in [4.78, 5) is 1.11. The molecule has 6 rings (SSSR count). The van der Waals surface area contributed by atoms with Crippen LogP contribution in [0.1, 0.15) is 48.1 Å². The van der Waals surface area contributed by atoms with Gasteiger partial charge in [0.1, 0.15) is 24.4 Å². The molecule has 0 bridgehead atoms. The first-order valence-corrected chi connectivity index (χ1v) is 19.8. The summed E-state index contributed by atoms with van der Waals surface area (Å²) in [5.74, 6) is -1.87. The number of aliphatic hydroxyl groups is 1. The number of thioether (sulfide) groups is 1. The maximum Gasteiger partial charge on any atom is 0.198 e. The zero-order valence-electron chi connectivity index (χ0n) is 32.3. The highest BCUT2D eigenvalue weighted by Gasteiger charge is 2.58. The lowest BCUT2D eigenvalue weighted by molar-refractivity contribution is -0.377. The average molecular weight is 763 g/mol. The van der Waals surface area contributed by atoms with E-state index in [0.717, 1.165) is 27.1 Å². The van der Waals surface area contributed by atoms with E-state index in [1.165, 1.54) is 5.56 Å². The number of aryl methyl sites for hydroxylation is 1. The standard InChI is InChI=1S/C47H54O7S/c1-35-25-27-40(28-26-35)55-46(2,3)42(49-4)29-47(48)45(53-33-39-23-15-8-16-24-39)44(52-32-38-21-13-7-14-22-38)43(51-31-37-19-11-6-12-20-37)41(54-47)34-50-30-36-17-9-5-10-18-36/h5-28,41-45,48H,29-34H2,1-4H3/t41-,42+,43-,44+,45-,47+/m1/s1. The first-order valence-electron chi connectivity index (χ1n) is 19.0. The van der Waals surface area contributed by atoms with Gasteiger partial charge in [-0.1, -0.05) is 139 Å². The van der Waals surface area contributed by atoms with Crippen molar-refractivity contribution in [3.05, 3.63) is 173 Å². The van der Waals surface area contributed by atoms with E-state index in [1.54, 1.807) is 18.9 Å². The minimum Gasteiger partial charge on any atom is -0.380 e. The smallest absolute Gasteiger partial charge is 0.198 e. The first kappa shape index (κ1) is 40.8. The maximum atomic E-state index is 13.1. The van der Waals surface area contributed by atoms with Crippen LogP contribution in [0.5, 0.6) is 0 Å². The maximum absolute atomic E-state index is 13.1. The van der Waals surface area contributed by atoms with Gasteiger partial charge in [0.2, 0.25) is 0 Å². The predicted molar refractivity (Wildman–Crippen MR) is 218 cm³/mol. The van der Waals surface area contributed by atoms with Gasteiger partial charge in [-0.3, -0.25) is 0 Å². The van der Waals surface area contributed by atoms with E-state index in [4.69, 9.17) is 28.4 Å². The first-order chi connectivity index (χ1) is 26.7. The molecule has 290 valence electrons. The van der Waals surface area contributed by atoms with Gasteiger partial charge in [-0.25, -0.2) is 0 Å². The van der Waals surface area contributed by atoms with Crippen LogP contribution in [0.2, 0.25) is 0 Å². The van der Waals surface area contributed by atoms with E-state index in [1.807, 2.05) is 121 Å². The summed E-state index contributed by atoms with van der Waals surface area (Å²) >= 11 is 1.70. The van der Waals surface area contributed by atoms with E-state index in [0.29, 0.717) is 13.2 Å². The van der Waals surface area contributed by atoms with E-state index in [2.05, 4.69) is 45.0 Å². The number of methoxy groups -OCH3 is 1. The highest BCUT2D eigenvalue weighted by molar-refractivity contribution is 8.00. The van der Waals surface area contributed by atoms with Crippen molar-refractivity contribution in [2.75, 3.05) is 13.7 Å². The molecule has 1 aliphatic heterocycles. The molecule has 55 heavy (non-hydrogen) atoms. The second-order valence-corrected chi connectivity index (χ2v) is 16.4. The number of hydrogen-bond donors (Lipinski definition) is 1. The summed E-state index contributed by atoms with van der Waals surface area (Å²) in [6, 6.07) is 48.4. The highest BCUT2D eigenvalue weighted by Crippen LogP contribution is 2.44. The van der Waals surface area contributed by atoms with E-state index < -0.39 is 41.1 Å². The third kappa shape index (κ3) is 11.6. The number of hydrogen-bond acceptors (Lipinski definition) is 8. The van der Waals surface area contributed by atoms with Gasteiger partial charge in [-0.05, 0) is 55.2 Å². The van der Waals surface area contributed by atoms with E-state index in [-0.39, 0.29) is 26.2 Å². The summed E-state index contributed by atoms with van der Waals surface area (Å²) < 4.78 is 39.5.